The van der Waals surface area contributed by atoms with Crippen LogP contribution in [0, 0.1) is 5.41 Å². The minimum absolute atomic E-state index is 0.0279. The van der Waals surface area contributed by atoms with Crippen LogP contribution in [0.4, 0.5) is 17.1 Å². The van der Waals surface area contributed by atoms with Crippen LogP contribution in [0.3, 0.4) is 0 Å². The quantitative estimate of drug-likeness (QED) is 0.289. The van der Waals surface area contributed by atoms with E-state index in [9.17, 15) is 19.5 Å². The number of amides is 1. The minimum atomic E-state index is -0.705. The van der Waals surface area contributed by atoms with E-state index >= 15 is 0 Å². The Bertz CT molecular complexity index is 1420. The Morgan fingerprint density at radius 1 is 1.00 bits per heavy atom. The molecule has 1 unspecified atom stereocenters. The first-order valence-corrected chi connectivity index (χ1v) is 10.9. The van der Waals surface area contributed by atoms with Gasteiger partial charge in [-0.05, 0) is 29.7 Å². The van der Waals surface area contributed by atoms with Gasteiger partial charge in [0.1, 0.15) is 22.7 Å². The monoisotopic (exact) mass is 461 g/mol. The summed E-state index contributed by atoms with van der Waals surface area (Å²) in [6, 6.07) is 13.7. The molecule has 0 saturated carbocycles. The molecule has 0 saturated heterocycles. The second-order valence-electron chi connectivity index (χ2n) is 9.56. The third kappa shape index (κ3) is 4.03. The van der Waals surface area contributed by atoms with Crippen LogP contribution in [0.25, 0.3) is 11.0 Å². The van der Waals surface area contributed by atoms with E-state index in [0.29, 0.717) is 5.76 Å². The van der Waals surface area contributed by atoms with E-state index in [4.69, 9.17) is 4.42 Å². The molecular formula is C26H27N3O5. The van der Waals surface area contributed by atoms with Crippen molar-refractivity contribution in [2.75, 3.05) is 24.7 Å². The van der Waals surface area contributed by atoms with Crippen molar-refractivity contribution < 1.29 is 14.3 Å². The zero-order chi connectivity index (χ0) is 24.8. The average molecular weight is 462 g/mol. The van der Waals surface area contributed by atoms with Crippen molar-refractivity contribution in [3.8, 4) is 5.75 Å². The van der Waals surface area contributed by atoms with Crippen molar-refractivity contribution in [2.24, 2.45) is 5.41 Å². The summed E-state index contributed by atoms with van der Waals surface area (Å²) in [5.41, 5.74) is -0.641. The number of carbonyl (C=O) groups excluding carboxylic acids is 1. The first kappa shape index (κ1) is 23.1. The highest BCUT2D eigenvalue weighted by Crippen LogP contribution is 2.40. The van der Waals surface area contributed by atoms with Gasteiger partial charge in [-0.3, -0.25) is 14.4 Å². The summed E-state index contributed by atoms with van der Waals surface area (Å²) in [4.78, 5) is 38.6. The Labute approximate surface area is 196 Å². The number of para-hydroxylation sites is 2. The number of nitrogens with one attached hydrogen (secondary N) is 2. The maximum Gasteiger partial charge on any atom is 0.257 e. The molecular weight excluding hydrogens is 434 g/mol. The molecule has 0 bridgehead atoms. The van der Waals surface area contributed by atoms with Gasteiger partial charge in [0.25, 0.3) is 16.8 Å². The summed E-state index contributed by atoms with van der Waals surface area (Å²) < 4.78 is 6.04. The van der Waals surface area contributed by atoms with Crippen molar-refractivity contribution in [2.45, 2.75) is 26.8 Å². The van der Waals surface area contributed by atoms with Crippen LogP contribution in [0.5, 0.6) is 5.75 Å². The second kappa shape index (κ2) is 8.37. The molecule has 1 heterocycles. The van der Waals surface area contributed by atoms with Gasteiger partial charge in [-0.15, -0.1) is 0 Å². The number of hydrogen-bond donors (Lipinski definition) is 3. The van der Waals surface area contributed by atoms with Crippen LogP contribution in [0.2, 0.25) is 0 Å². The van der Waals surface area contributed by atoms with Crippen LogP contribution in [-0.4, -0.2) is 30.0 Å². The van der Waals surface area contributed by atoms with E-state index in [1.807, 2.05) is 51.1 Å². The fourth-order valence-corrected chi connectivity index (χ4v) is 3.84. The third-order valence-electron chi connectivity index (χ3n) is 5.73. The molecule has 0 aliphatic rings. The Kier molecular flexibility index (Phi) is 5.69. The largest absolute Gasteiger partial charge is 0.505 e. The molecule has 0 spiro atoms. The summed E-state index contributed by atoms with van der Waals surface area (Å²) in [6.45, 7) is 6.00. The lowest BCUT2D eigenvalue weighted by molar-refractivity contribution is 0.0824. The van der Waals surface area contributed by atoms with Crippen LogP contribution in [0.1, 0.15) is 42.9 Å². The second-order valence-corrected chi connectivity index (χ2v) is 9.56. The van der Waals surface area contributed by atoms with E-state index in [-0.39, 0.29) is 39.7 Å². The number of phenolic OH excluding ortho intramolecular Hbond substituents is 1. The fourth-order valence-electron chi connectivity index (χ4n) is 3.84. The van der Waals surface area contributed by atoms with Gasteiger partial charge in [-0.1, -0.05) is 45.0 Å². The highest BCUT2D eigenvalue weighted by atomic mass is 16.3. The number of phenols is 1. The molecule has 0 aliphatic carbocycles. The Hall–Kier alpha value is -4.07. The van der Waals surface area contributed by atoms with E-state index in [0.717, 1.165) is 11.0 Å². The highest BCUT2D eigenvalue weighted by molar-refractivity contribution is 5.99. The third-order valence-corrected chi connectivity index (χ3v) is 5.73. The molecule has 8 heteroatoms. The van der Waals surface area contributed by atoms with Crippen LogP contribution < -0.4 is 21.5 Å². The number of carbonyl (C=O) groups is 1. The number of nitrogens with zero attached hydrogens (tertiary/aromatic N) is 1. The van der Waals surface area contributed by atoms with E-state index in [2.05, 4.69) is 10.6 Å². The number of furan rings is 1. The molecule has 176 valence electrons. The van der Waals surface area contributed by atoms with E-state index < -0.39 is 16.9 Å². The predicted octanol–water partition coefficient (Wildman–Crippen LogP) is 4.38. The van der Waals surface area contributed by atoms with Crippen LogP contribution >= 0.6 is 0 Å². The topological polar surface area (TPSA) is 112 Å². The molecule has 1 atom stereocenters. The van der Waals surface area contributed by atoms with Crippen molar-refractivity contribution in [3.05, 3.63) is 80.3 Å². The van der Waals surface area contributed by atoms with Gasteiger partial charge in [0, 0.05) is 19.5 Å². The van der Waals surface area contributed by atoms with Gasteiger partial charge in [0.2, 0.25) is 0 Å². The average Bonchev–Trinajstić information content (AvgIpc) is 3.21. The summed E-state index contributed by atoms with van der Waals surface area (Å²) in [5, 5.41) is 17.6. The smallest absolute Gasteiger partial charge is 0.257 e. The number of rotatable bonds is 6. The van der Waals surface area contributed by atoms with Gasteiger partial charge < -0.3 is 25.1 Å². The van der Waals surface area contributed by atoms with Crippen molar-refractivity contribution in [1.82, 2.24) is 4.90 Å². The summed E-state index contributed by atoms with van der Waals surface area (Å²) >= 11 is 0. The standard InChI is InChI=1S/C26H27N3O5/c1-26(2,3)24(18-13-14-9-6-7-12-17(14)34-18)28-20-19(22(31)23(20)32)27-16-11-8-10-15(21(16)30)25(33)29(4)5/h6-13,24,27-28,30H,1-5H3. The molecule has 0 aliphatic heterocycles. The lowest BCUT2D eigenvalue weighted by atomic mass is 9.84. The number of aromatic hydroxyl groups is 1. The number of fused-ring (bicyclic) bond motifs is 1. The van der Waals surface area contributed by atoms with Crippen LogP contribution in [0.15, 0.2) is 62.5 Å². The fraction of sp³-hybridized carbons (Fsp3) is 0.269. The number of anilines is 3. The van der Waals surface area contributed by atoms with Crippen molar-refractivity contribution in [3.63, 3.8) is 0 Å². The molecule has 3 N–H and O–H groups in total. The molecule has 4 aromatic rings. The Morgan fingerprint density at radius 2 is 1.68 bits per heavy atom. The minimum Gasteiger partial charge on any atom is -0.505 e. The first-order chi connectivity index (χ1) is 16.0. The zero-order valence-corrected chi connectivity index (χ0v) is 19.7. The van der Waals surface area contributed by atoms with E-state index in [1.54, 1.807) is 20.2 Å². The van der Waals surface area contributed by atoms with Gasteiger partial charge >= 0.3 is 0 Å². The first-order valence-electron chi connectivity index (χ1n) is 10.9. The van der Waals surface area contributed by atoms with Gasteiger partial charge in [-0.2, -0.15) is 0 Å². The lowest BCUT2D eigenvalue weighted by Gasteiger charge is -2.31. The molecule has 4 rings (SSSR count). The normalized spacial score (nSPS) is 12.6. The van der Waals surface area contributed by atoms with Crippen molar-refractivity contribution >= 4 is 33.9 Å². The molecule has 0 fully saturated rings. The number of benzene rings is 2. The molecule has 3 aromatic carbocycles. The van der Waals surface area contributed by atoms with Crippen molar-refractivity contribution in [1.29, 1.82) is 0 Å². The molecule has 34 heavy (non-hydrogen) atoms. The van der Waals surface area contributed by atoms with Gasteiger partial charge in [-0.25, -0.2) is 0 Å². The zero-order valence-electron chi connectivity index (χ0n) is 19.7. The predicted molar refractivity (Wildman–Crippen MR) is 133 cm³/mol. The molecule has 0 radical (unpaired) electrons. The Balaban J connectivity index is 1.69. The lowest BCUT2D eigenvalue weighted by Crippen LogP contribution is -2.39. The maximum atomic E-state index is 12.5. The van der Waals surface area contributed by atoms with Crippen LogP contribution in [-0.2, 0) is 0 Å². The van der Waals surface area contributed by atoms with E-state index in [1.165, 1.54) is 17.0 Å². The highest BCUT2D eigenvalue weighted by Gasteiger charge is 2.33. The molecule has 1 amide bonds. The van der Waals surface area contributed by atoms with Gasteiger partial charge in [0.15, 0.2) is 5.75 Å². The maximum absolute atomic E-state index is 12.5. The Morgan fingerprint density at radius 3 is 2.32 bits per heavy atom. The summed E-state index contributed by atoms with van der Waals surface area (Å²) in [6.07, 6.45) is 0. The summed E-state index contributed by atoms with van der Waals surface area (Å²) in [5.74, 6) is -0.0545. The number of hydrogen-bond acceptors (Lipinski definition) is 7. The SMILES string of the molecule is CN(C)C(=O)c1cccc(Nc2c(NC(c3cc4ccccc4o3)C(C)(C)C)c(=O)c2=O)c1O. The molecule has 8 nitrogen and oxygen atoms in total. The molecule has 1 aromatic heterocycles. The van der Waals surface area contributed by atoms with Gasteiger partial charge in [0.05, 0.1) is 17.3 Å². The summed E-state index contributed by atoms with van der Waals surface area (Å²) in [7, 11) is 3.15.